The van der Waals surface area contributed by atoms with Gasteiger partial charge in [-0.05, 0) is 67.6 Å². The van der Waals surface area contributed by atoms with Gasteiger partial charge in [-0.1, -0.05) is 18.2 Å². The zero-order chi connectivity index (χ0) is 23.1. The van der Waals surface area contributed by atoms with Gasteiger partial charge in [0.15, 0.2) is 11.8 Å². The Bertz CT molecular complexity index is 1080. The highest BCUT2D eigenvalue weighted by Gasteiger charge is 2.32. The van der Waals surface area contributed by atoms with E-state index in [0.717, 1.165) is 5.56 Å². The standard InChI is InChI=1S/C23H23N3O5S/c1-3-26-21(28)19(12-15-8-10-18(11-9-15)31-14-20(24)27)32-23(26)25-17-7-5-6-16(13-17)22(29)30-4-2/h5-13H,3-4,14H2,1-2H3,(H2,24,27). The minimum Gasteiger partial charge on any atom is -0.484 e. The molecule has 0 unspecified atom stereocenters. The third-order valence-electron chi connectivity index (χ3n) is 4.35. The van der Waals surface area contributed by atoms with Crippen molar-refractivity contribution in [3.8, 4) is 5.75 Å². The number of esters is 1. The minimum atomic E-state index is -0.552. The molecule has 0 aliphatic carbocycles. The largest absolute Gasteiger partial charge is 0.484 e. The molecular formula is C23H23N3O5S. The Labute approximate surface area is 190 Å². The number of nitrogens with zero attached hydrogens (tertiary/aromatic N) is 2. The molecule has 1 aliphatic heterocycles. The average molecular weight is 454 g/mol. The Morgan fingerprint density at radius 2 is 1.91 bits per heavy atom. The van der Waals surface area contributed by atoms with Gasteiger partial charge in [0, 0.05) is 6.54 Å². The number of hydrogen-bond donors (Lipinski definition) is 1. The Morgan fingerprint density at radius 3 is 2.56 bits per heavy atom. The minimum absolute atomic E-state index is 0.146. The van der Waals surface area contributed by atoms with Gasteiger partial charge in [0.2, 0.25) is 0 Å². The summed E-state index contributed by atoms with van der Waals surface area (Å²) in [6.07, 6.45) is 1.77. The van der Waals surface area contributed by atoms with Crippen LogP contribution in [0, 0.1) is 0 Å². The summed E-state index contributed by atoms with van der Waals surface area (Å²) in [4.78, 5) is 42.3. The van der Waals surface area contributed by atoms with Crippen LogP contribution in [0.4, 0.5) is 5.69 Å². The van der Waals surface area contributed by atoms with Crippen molar-refractivity contribution in [3.05, 3.63) is 64.6 Å². The fourth-order valence-electron chi connectivity index (χ4n) is 2.86. The second-order valence-electron chi connectivity index (χ2n) is 6.65. The van der Waals surface area contributed by atoms with Crippen LogP contribution in [0.15, 0.2) is 58.4 Å². The summed E-state index contributed by atoms with van der Waals surface area (Å²) in [5.74, 6) is -0.605. The number of nitrogens with two attached hydrogens (primary N) is 1. The van der Waals surface area contributed by atoms with Crippen LogP contribution in [-0.2, 0) is 14.3 Å². The van der Waals surface area contributed by atoms with E-state index >= 15 is 0 Å². The molecule has 3 rings (SSSR count). The number of primary amides is 1. The lowest BCUT2D eigenvalue weighted by Crippen LogP contribution is -2.28. The Morgan fingerprint density at radius 1 is 1.16 bits per heavy atom. The molecule has 1 aliphatic rings. The van der Waals surface area contributed by atoms with Crippen LogP contribution in [0.1, 0.15) is 29.8 Å². The smallest absolute Gasteiger partial charge is 0.338 e. The molecule has 0 saturated carbocycles. The van der Waals surface area contributed by atoms with E-state index in [2.05, 4.69) is 4.99 Å². The van der Waals surface area contributed by atoms with Crippen LogP contribution in [0.2, 0.25) is 0 Å². The Kier molecular flexibility index (Phi) is 7.67. The third-order valence-corrected chi connectivity index (χ3v) is 5.35. The quantitative estimate of drug-likeness (QED) is 0.485. The number of thioether (sulfide) groups is 1. The van der Waals surface area contributed by atoms with Crippen molar-refractivity contribution in [3.63, 3.8) is 0 Å². The molecule has 2 aromatic rings. The molecule has 2 aromatic carbocycles. The number of aliphatic imine (C=N–C) groups is 1. The summed E-state index contributed by atoms with van der Waals surface area (Å²) in [6.45, 7) is 4.17. The Balaban J connectivity index is 1.81. The number of amidine groups is 1. The predicted octanol–water partition coefficient (Wildman–Crippen LogP) is 3.35. The van der Waals surface area contributed by atoms with E-state index in [1.807, 2.05) is 6.92 Å². The van der Waals surface area contributed by atoms with Crippen molar-refractivity contribution in [2.45, 2.75) is 13.8 Å². The predicted molar refractivity (Wildman–Crippen MR) is 124 cm³/mol. The number of ether oxygens (including phenoxy) is 2. The molecule has 1 fully saturated rings. The molecule has 166 valence electrons. The lowest BCUT2D eigenvalue weighted by atomic mass is 10.2. The van der Waals surface area contributed by atoms with Crippen LogP contribution < -0.4 is 10.5 Å². The molecule has 1 heterocycles. The van der Waals surface area contributed by atoms with Gasteiger partial charge in [-0.15, -0.1) is 0 Å². The maximum absolute atomic E-state index is 12.9. The first-order valence-corrected chi connectivity index (χ1v) is 10.8. The lowest BCUT2D eigenvalue weighted by Gasteiger charge is -2.12. The van der Waals surface area contributed by atoms with Crippen molar-refractivity contribution in [2.24, 2.45) is 10.7 Å². The average Bonchev–Trinajstić information content (AvgIpc) is 3.07. The van der Waals surface area contributed by atoms with E-state index in [0.29, 0.717) is 33.6 Å². The van der Waals surface area contributed by atoms with E-state index in [1.54, 1.807) is 66.4 Å². The summed E-state index contributed by atoms with van der Waals surface area (Å²) in [6, 6.07) is 13.8. The molecule has 2 N–H and O–H groups in total. The molecule has 0 atom stereocenters. The van der Waals surface area contributed by atoms with E-state index in [4.69, 9.17) is 15.2 Å². The number of rotatable bonds is 8. The molecule has 1 saturated heterocycles. The van der Waals surface area contributed by atoms with E-state index in [-0.39, 0.29) is 19.1 Å². The van der Waals surface area contributed by atoms with Crippen molar-refractivity contribution in [2.75, 3.05) is 19.8 Å². The number of carbonyl (C=O) groups is 3. The first kappa shape index (κ1) is 23.1. The molecule has 0 aromatic heterocycles. The molecule has 0 bridgehead atoms. The molecule has 0 radical (unpaired) electrons. The topological polar surface area (TPSA) is 111 Å². The van der Waals surface area contributed by atoms with Crippen LogP contribution in [-0.4, -0.2) is 47.6 Å². The van der Waals surface area contributed by atoms with Gasteiger partial charge in [-0.3, -0.25) is 14.5 Å². The van der Waals surface area contributed by atoms with Gasteiger partial charge in [-0.25, -0.2) is 9.79 Å². The zero-order valence-corrected chi connectivity index (χ0v) is 18.6. The van der Waals surface area contributed by atoms with Gasteiger partial charge < -0.3 is 15.2 Å². The maximum Gasteiger partial charge on any atom is 0.338 e. The summed E-state index contributed by atoms with van der Waals surface area (Å²) in [7, 11) is 0. The van der Waals surface area contributed by atoms with E-state index in [1.165, 1.54) is 11.8 Å². The molecular weight excluding hydrogens is 430 g/mol. The molecule has 0 spiro atoms. The van der Waals surface area contributed by atoms with Crippen molar-refractivity contribution >= 4 is 46.5 Å². The van der Waals surface area contributed by atoms with Gasteiger partial charge in [0.1, 0.15) is 5.75 Å². The number of amides is 2. The normalized spacial score (nSPS) is 15.9. The van der Waals surface area contributed by atoms with Crippen molar-refractivity contribution < 1.29 is 23.9 Å². The molecule has 32 heavy (non-hydrogen) atoms. The maximum atomic E-state index is 12.9. The lowest BCUT2D eigenvalue weighted by molar-refractivity contribution is -0.122. The fourth-order valence-corrected chi connectivity index (χ4v) is 3.93. The number of hydrogen-bond acceptors (Lipinski definition) is 7. The summed E-state index contributed by atoms with van der Waals surface area (Å²) >= 11 is 1.26. The second kappa shape index (κ2) is 10.6. The zero-order valence-electron chi connectivity index (χ0n) is 17.7. The number of benzene rings is 2. The van der Waals surface area contributed by atoms with Crippen LogP contribution in [0.25, 0.3) is 6.08 Å². The number of carbonyl (C=O) groups excluding carboxylic acids is 3. The fraction of sp³-hybridized carbons (Fsp3) is 0.217. The molecule has 2 amide bonds. The van der Waals surface area contributed by atoms with Crippen LogP contribution >= 0.6 is 11.8 Å². The first-order valence-electron chi connectivity index (χ1n) is 9.99. The van der Waals surface area contributed by atoms with E-state index < -0.39 is 11.9 Å². The summed E-state index contributed by atoms with van der Waals surface area (Å²) in [5.41, 5.74) is 6.83. The Hall–Kier alpha value is -3.59. The van der Waals surface area contributed by atoms with Gasteiger partial charge >= 0.3 is 5.97 Å². The van der Waals surface area contributed by atoms with E-state index in [9.17, 15) is 14.4 Å². The summed E-state index contributed by atoms with van der Waals surface area (Å²) < 4.78 is 10.3. The molecule has 8 nitrogen and oxygen atoms in total. The van der Waals surface area contributed by atoms with Crippen molar-refractivity contribution in [1.82, 2.24) is 4.90 Å². The first-order chi connectivity index (χ1) is 15.4. The van der Waals surface area contributed by atoms with Crippen LogP contribution in [0.5, 0.6) is 5.75 Å². The highest BCUT2D eigenvalue weighted by atomic mass is 32.2. The highest BCUT2D eigenvalue weighted by molar-refractivity contribution is 8.18. The van der Waals surface area contributed by atoms with Crippen LogP contribution in [0.3, 0.4) is 0 Å². The monoisotopic (exact) mass is 453 g/mol. The van der Waals surface area contributed by atoms with Gasteiger partial charge in [-0.2, -0.15) is 0 Å². The SMILES string of the molecule is CCOC(=O)c1cccc(N=C2SC(=Cc3ccc(OCC(N)=O)cc3)C(=O)N2CC)c1. The molecule has 9 heteroatoms. The van der Waals surface area contributed by atoms with Gasteiger partial charge in [0.25, 0.3) is 11.8 Å². The third kappa shape index (κ3) is 5.76. The second-order valence-corrected chi connectivity index (χ2v) is 7.66. The number of likely N-dealkylation sites (N-methyl/N-ethyl adjacent to an activating group) is 1. The highest BCUT2D eigenvalue weighted by Crippen LogP contribution is 2.34. The van der Waals surface area contributed by atoms with Gasteiger partial charge in [0.05, 0.1) is 22.8 Å². The summed E-state index contributed by atoms with van der Waals surface area (Å²) in [5, 5.41) is 0.533. The van der Waals surface area contributed by atoms with Crippen molar-refractivity contribution in [1.29, 1.82) is 0 Å².